The molecule has 1 heterocycles. The Hall–Kier alpha value is -1.11. The van der Waals surface area contributed by atoms with Gasteiger partial charge in [0.15, 0.2) is 0 Å². The van der Waals surface area contributed by atoms with Gasteiger partial charge in [-0.3, -0.25) is 4.79 Å². The summed E-state index contributed by atoms with van der Waals surface area (Å²) >= 11 is 2.99. The van der Waals surface area contributed by atoms with E-state index in [9.17, 15) is 18.0 Å². The number of rotatable bonds is 4. The van der Waals surface area contributed by atoms with Crippen molar-refractivity contribution in [1.29, 1.82) is 0 Å². The van der Waals surface area contributed by atoms with E-state index < -0.39 is 30.3 Å². The van der Waals surface area contributed by atoms with Crippen LogP contribution in [0.5, 0.6) is 0 Å². The van der Waals surface area contributed by atoms with E-state index in [4.69, 9.17) is 5.11 Å². The average Bonchev–Trinajstić information content (AvgIpc) is 2.14. The van der Waals surface area contributed by atoms with E-state index in [2.05, 4.69) is 20.9 Å². The first-order valence-electron chi connectivity index (χ1n) is 4.19. The van der Waals surface area contributed by atoms with Crippen LogP contribution < -0.4 is 0 Å². The molecular formula is C9H7BrF3NO2. The largest absolute Gasteiger partial charge is 0.481 e. The Bertz CT molecular complexity index is 412. The van der Waals surface area contributed by atoms with Crippen LogP contribution >= 0.6 is 15.9 Å². The molecule has 1 aromatic heterocycles. The normalized spacial score (nSPS) is 10.8. The molecule has 1 aromatic rings. The first-order chi connectivity index (χ1) is 7.45. The lowest BCUT2D eigenvalue weighted by Crippen LogP contribution is -2.09. The Labute approximate surface area is 97.4 Å². The lowest BCUT2D eigenvalue weighted by atomic mass is 10.1. The number of nitrogens with zero attached hydrogens (tertiary/aromatic N) is 1. The van der Waals surface area contributed by atoms with Crippen molar-refractivity contribution in [2.24, 2.45) is 0 Å². The summed E-state index contributed by atoms with van der Waals surface area (Å²) in [5.41, 5.74) is -1.00. The van der Waals surface area contributed by atoms with E-state index in [1.54, 1.807) is 0 Å². The van der Waals surface area contributed by atoms with Crippen LogP contribution in [0, 0.1) is 5.95 Å². The first-order valence-corrected chi connectivity index (χ1v) is 5.32. The summed E-state index contributed by atoms with van der Waals surface area (Å²) < 4.78 is 38.2. The summed E-state index contributed by atoms with van der Waals surface area (Å²) in [7, 11) is 0. The van der Waals surface area contributed by atoms with Crippen LogP contribution in [-0.2, 0) is 16.5 Å². The van der Waals surface area contributed by atoms with Gasteiger partial charge in [-0.1, -0.05) is 15.9 Å². The molecule has 0 radical (unpaired) electrons. The molecular weight excluding hydrogens is 291 g/mol. The Morgan fingerprint density at radius 2 is 2.19 bits per heavy atom. The zero-order valence-corrected chi connectivity index (χ0v) is 9.47. The fourth-order valence-corrected chi connectivity index (χ4v) is 1.53. The molecule has 0 fully saturated rings. The quantitative estimate of drug-likeness (QED) is 0.687. The lowest BCUT2D eigenvalue weighted by molar-refractivity contribution is -0.136. The smallest absolute Gasteiger partial charge is 0.307 e. The minimum Gasteiger partial charge on any atom is -0.481 e. The van der Waals surface area contributed by atoms with Gasteiger partial charge in [0.25, 0.3) is 6.43 Å². The number of hydrogen-bond donors (Lipinski definition) is 1. The minimum absolute atomic E-state index is 0.167. The molecule has 0 spiro atoms. The van der Waals surface area contributed by atoms with Crippen LogP contribution in [0.25, 0.3) is 0 Å². The monoisotopic (exact) mass is 297 g/mol. The molecule has 0 aliphatic rings. The van der Waals surface area contributed by atoms with Gasteiger partial charge in [0.2, 0.25) is 5.95 Å². The van der Waals surface area contributed by atoms with Crippen molar-refractivity contribution >= 4 is 21.9 Å². The van der Waals surface area contributed by atoms with Crippen LogP contribution in [0.15, 0.2) is 6.07 Å². The Morgan fingerprint density at radius 1 is 1.56 bits per heavy atom. The van der Waals surface area contributed by atoms with Crippen LogP contribution in [-0.4, -0.2) is 16.1 Å². The average molecular weight is 298 g/mol. The maximum Gasteiger partial charge on any atom is 0.307 e. The van der Waals surface area contributed by atoms with E-state index in [1.807, 2.05) is 0 Å². The molecule has 16 heavy (non-hydrogen) atoms. The molecule has 0 atom stereocenters. The third kappa shape index (κ3) is 2.94. The van der Waals surface area contributed by atoms with Gasteiger partial charge in [-0.05, 0) is 11.6 Å². The van der Waals surface area contributed by atoms with E-state index in [0.29, 0.717) is 0 Å². The van der Waals surface area contributed by atoms with Gasteiger partial charge in [-0.25, -0.2) is 13.8 Å². The number of carbonyl (C=O) groups is 1. The third-order valence-corrected chi connectivity index (χ3v) is 2.42. The van der Waals surface area contributed by atoms with Crippen molar-refractivity contribution < 1.29 is 23.1 Å². The maximum atomic E-state index is 13.2. The van der Waals surface area contributed by atoms with Gasteiger partial charge in [0.05, 0.1) is 17.7 Å². The second kappa shape index (κ2) is 5.29. The highest BCUT2D eigenvalue weighted by Crippen LogP contribution is 2.26. The number of pyridine rings is 1. The molecule has 0 aliphatic heterocycles. The first kappa shape index (κ1) is 13.0. The molecule has 7 heteroatoms. The highest BCUT2D eigenvalue weighted by Gasteiger charge is 2.22. The maximum absolute atomic E-state index is 13.2. The summed E-state index contributed by atoms with van der Waals surface area (Å²) in [4.78, 5) is 13.7. The van der Waals surface area contributed by atoms with Crippen LogP contribution in [0.3, 0.4) is 0 Å². The second-order valence-electron chi connectivity index (χ2n) is 2.98. The summed E-state index contributed by atoms with van der Waals surface area (Å²) in [5.74, 6) is -2.61. The fourth-order valence-electron chi connectivity index (χ4n) is 1.24. The summed E-state index contributed by atoms with van der Waals surface area (Å²) in [6.45, 7) is 0. The van der Waals surface area contributed by atoms with Crippen molar-refractivity contribution in [3.05, 3.63) is 28.8 Å². The molecule has 3 nitrogen and oxygen atoms in total. The van der Waals surface area contributed by atoms with Crippen molar-refractivity contribution in [3.8, 4) is 0 Å². The van der Waals surface area contributed by atoms with Crippen LogP contribution in [0.1, 0.15) is 23.2 Å². The third-order valence-electron chi connectivity index (χ3n) is 1.85. The lowest BCUT2D eigenvalue weighted by Gasteiger charge is -2.09. The Balaban J connectivity index is 3.28. The van der Waals surface area contributed by atoms with E-state index >= 15 is 0 Å². The van der Waals surface area contributed by atoms with Gasteiger partial charge in [-0.2, -0.15) is 4.39 Å². The van der Waals surface area contributed by atoms with E-state index in [0.717, 1.165) is 6.07 Å². The second-order valence-corrected chi connectivity index (χ2v) is 3.54. The molecule has 0 saturated carbocycles. The Kier molecular flexibility index (Phi) is 4.28. The predicted octanol–water partition coefficient (Wildman–Crippen LogP) is 2.68. The fraction of sp³-hybridized carbons (Fsp3) is 0.333. The number of carboxylic acid groups (broad SMARTS) is 1. The molecule has 0 amide bonds. The molecule has 0 saturated heterocycles. The highest BCUT2D eigenvalue weighted by atomic mass is 79.9. The van der Waals surface area contributed by atoms with E-state index in [-0.39, 0.29) is 16.6 Å². The standard InChI is InChI=1S/C9H7BrF3NO2/c10-3-5-1-4(2-6(15)16)7(8(11)12)9(13)14-5/h1,8H,2-3H2,(H,15,16). The topological polar surface area (TPSA) is 50.2 Å². The zero-order valence-electron chi connectivity index (χ0n) is 7.88. The summed E-state index contributed by atoms with van der Waals surface area (Å²) in [5, 5.41) is 8.69. The number of alkyl halides is 3. The van der Waals surface area contributed by atoms with E-state index in [1.165, 1.54) is 0 Å². The number of aliphatic carboxylic acids is 1. The predicted molar refractivity (Wildman–Crippen MR) is 53.1 cm³/mol. The van der Waals surface area contributed by atoms with Gasteiger partial charge < -0.3 is 5.11 Å². The zero-order chi connectivity index (χ0) is 12.3. The molecule has 88 valence electrons. The van der Waals surface area contributed by atoms with Crippen LogP contribution in [0.2, 0.25) is 0 Å². The number of aromatic nitrogens is 1. The van der Waals surface area contributed by atoms with Crippen molar-refractivity contribution in [2.75, 3.05) is 0 Å². The Morgan fingerprint density at radius 3 is 2.62 bits per heavy atom. The summed E-state index contributed by atoms with van der Waals surface area (Å²) in [6, 6.07) is 1.16. The van der Waals surface area contributed by atoms with Crippen LogP contribution in [0.4, 0.5) is 13.2 Å². The SMILES string of the molecule is O=C(O)Cc1cc(CBr)nc(F)c1C(F)F. The highest BCUT2D eigenvalue weighted by molar-refractivity contribution is 9.08. The van der Waals surface area contributed by atoms with Gasteiger partial charge in [0, 0.05) is 5.33 Å². The molecule has 1 N–H and O–H groups in total. The van der Waals surface area contributed by atoms with Gasteiger partial charge >= 0.3 is 5.97 Å². The molecule has 0 bridgehead atoms. The minimum atomic E-state index is -3.08. The molecule has 0 aromatic carbocycles. The van der Waals surface area contributed by atoms with Gasteiger partial charge in [-0.15, -0.1) is 0 Å². The number of halogens is 4. The molecule has 0 unspecified atom stereocenters. The summed E-state index contributed by atoms with van der Waals surface area (Å²) in [6.07, 6.45) is -3.73. The molecule has 0 aliphatic carbocycles. The van der Waals surface area contributed by atoms with Gasteiger partial charge in [0.1, 0.15) is 0 Å². The molecule has 1 rings (SSSR count). The van der Waals surface area contributed by atoms with Crippen molar-refractivity contribution in [2.45, 2.75) is 18.2 Å². The number of hydrogen-bond acceptors (Lipinski definition) is 2. The van der Waals surface area contributed by atoms with Crippen molar-refractivity contribution in [1.82, 2.24) is 4.98 Å². The van der Waals surface area contributed by atoms with Crippen molar-refractivity contribution in [3.63, 3.8) is 0 Å². The number of carboxylic acids is 1.